The molecule has 50 heavy (non-hydrogen) atoms. The summed E-state index contributed by atoms with van der Waals surface area (Å²) < 4.78 is 27.0. The van der Waals surface area contributed by atoms with E-state index < -0.39 is 31.1 Å². The lowest BCUT2D eigenvalue weighted by atomic mass is 9.82. The maximum atomic E-state index is 12.2. The van der Waals surface area contributed by atoms with Gasteiger partial charge in [0.2, 0.25) is 0 Å². The van der Waals surface area contributed by atoms with Gasteiger partial charge in [-0.05, 0) is 49.5 Å². The van der Waals surface area contributed by atoms with Gasteiger partial charge < -0.3 is 38.8 Å². The van der Waals surface area contributed by atoms with E-state index in [2.05, 4.69) is 23.6 Å². The second-order valence-electron chi connectivity index (χ2n) is 13.0. The molecular weight excluding hydrogens is 674 g/mol. The van der Waals surface area contributed by atoms with Gasteiger partial charge in [0.1, 0.15) is 33.3 Å². The quantitative estimate of drug-likeness (QED) is 0.0255. The number of hydrogen-bond acceptors (Lipinski definition) is 8. The molecule has 0 aromatic heterocycles. The van der Waals surface area contributed by atoms with Gasteiger partial charge in [0, 0.05) is 32.1 Å². The van der Waals surface area contributed by atoms with E-state index in [0.29, 0.717) is 19.5 Å². The van der Waals surface area contributed by atoms with Crippen LogP contribution in [0, 0.1) is 5.92 Å². The first-order chi connectivity index (χ1) is 24.3. The predicted octanol–water partition coefficient (Wildman–Crippen LogP) is 8.60. The summed E-state index contributed by atoms with van der Waals surface area (Å²) >= 11 is 5.08. The zero-order valence-corrected chi connectivity index (χ0v) is 32.1. The van der Waals surface area contributed by atoms with Crippen LogP contribution in [0.2, 0.25) is 0 Å². The van der Waals surface area contributed by atoms with Crippen molar-refractivity contribution in [2.24, 2.45) is 5.92 Å². The number of allylic oxidation sites excluding steroid dienone is 2. The van der Waals surface area contributed by atoms with Crippen molar-refractivity contribution in [1.29, 1.82) is 0 Å². The molecule has 2 unspecified atom stereocenters. The number of amides is 2. The number of nitrogens with one attached hydrogen (secondary N) is 2. The van der Waals surface area contributed by atoms with Crippen molar-refractivity contribution in [3.8, 4) is 0 Å². The Morgan fingerprint density at radius 2 is 1.46 bits per heavy atom. The maximum Gasteiger partial charge on any atom is 0.508 e. The minimum absolute atomic E-state index is 0.0714. The largest absolute Gasteiger partial charge is 0.508 e. The Morgan fingerprint density at radius 3 is 2.06 bits per heavy atom. The first kappa shape index (κ1) is 44.2. The molecule has 1 fully saturated rings. The Labute approximate surface area is 307 Å². The molecule has 2 rings (SSSR count). The van der Waals surface area contributed by atoms with E-state index in [9.17, 15) is 14.5 Å². The summed E-state index contributed by atoms with van der Waals surface area (Å²) in [4.78, 5) is 34.6. The lowest BCUT2D eigenvalue weighted by Crippen LogP contribution is -2.36. The van der Waals surface area contributed by atoms with Gasteiger partial charge in [0.05, 0.1) is 0 Å². The van der Waals surface area contributed by atoms with Crippen LogP contribution in [0.25, 0.3) is 0 Å². The lowest BCUT2D eigenvalue weighted by Gasteiger charge is -2.26. The van der Waals surface area contributed by atoms with Crippen LogP contribution in [0.3, 0.4) is 0 Å². The molecule has 0 aliphatic carbocycles. The van der Waals surface area contributed by atoms with Crippen LogP contribution in [-0.4, -0.2) is 69.9 Å². The van der Waals surface area contributed by atoms with Crippen molar-refractivity contribution < 1.29 is 37.7 Å². The van der Waals surface area contributed by atoms with Crippen molar-refractivity contribution in [3.05, 3.63) is 48.0 Å². The van der Waals surface area contributed by atoms with Crippen molar-refractivity contribution in [1.82, 2.24) is 10.6 Å². The van der Waals surface area contributed by atoms with E-state index in [0.717, 1.165) is 37.7 Å². The van der Waals surface area contributed by atoms with Crippen LogP contribution >= 0.6 is 6.72 Å². The molecule has 0 saturated carbocycles. The molecule has 13 heteroatoms. The van der Waals surface area contributed by atoms with Gasteiger partial charge in [-0.2, -0.15) is 0 Å². The van der Waals surface area contributed by atoms with Crippen LogP contribution in [0.15, 0.2) is 42.5 Å². The van der Waals surface area contributed by atoms with E-state index in [1.807, 2.05) is 36.4 Å². The number of carbonyl (C=O) groups excluding carboxylic acids is 2. The summed E-state index contributed by atoms with van der Waals surface area (Å²) in [6.07, 6.45) is 21.8. The lowest BCUT2D eigenvalue weighted by molar-refractivity contribution is -0.0272. The number of benzene rings is 1. The summed E-state index contributed by atoms with van der Waals surface area (Å²) in [6, 6.07) is 8.42. The first-order valence-electron chi connectivity index (χ1n) is 18.7. The third-order valence-electron chi connectivity index (χ3n) is 8.82. The summed E-state index contributed by atoms with van der Waals surface area (Å²) in [5, 5.41) is 5.89. The fourth-order valence-corrected chi connectivity index (χ4v) is 6.85. The highest BCUT2D eigenvalue weighted by molar-refractivity contribution is 8.07. The summed E-state index contributed by atoms with van der Waals surface area (Å²) in [5.74, 6) is -0.356. The molecule has 3 N–H and O–H groups in total. The fraction of sp³-hybridized carbons (Fsp3) is 0.730. The van der Waals surface area contributed by atoms with E-state index in [4.69, 9.17) is 42.9 Å². The Kier molecular flexibility index (Phi) is 24.5. The Hall–Kier alpha value is -1.95. The number of ether oxygens (including phenoxy) is 3. The van der Waals surface area contributed by atoms with Crippen molar-refractivity contribution in [2.75, 3.05) is 26.8 Å². The summed E-state index contributed by atoms with van der Waals surface area (Å²) in [7, 11) is 7.55. The average Bonchev–Trinajstić information content (AvgIpc) is 3.40. The fourth-order valence-electron chi connectivity index (χ4n) is 5.86. The standard InChI is InChI=1S/C37H62BN2O8PS/c1-3-4-5-6-7-8-9-10-11-12-13-16-22-27-39-36(41)40-28-23-17-14-15-21-26-32-34(48-49(43,50)44-2)33(47-35(32)38)30-46-37(42)45-29-31-24-19-18-20-25-31/h15,18-21,24-25,32-35H,3-14,16-17,22-23,26-30H2,1-2H3,(H,43,50)(H2,39,40,41)/b21-15+/t32-,33+,34?,35+,49?/m0/s1. The average molecular weight is 737 g/mol. The van der Waals surface area contributed by atoms with Gasteiger partial charge in [-0.15, -0.1) is 0 Å². The molecule has 1 aliphatic heterocycles. The molecule has 1 heterocycles. The molecule has 1 aromatic carbocycles. The van der Waals surface area contributed by atoms with Crippen molar-refractivity contribution in [2.45, 2.75) is 141 Å². The molecule has 0 bridgehead atoms. The third-order valence-corrected chi connectivity index (χ3v) is 10.5. The number of urea groups is 1. The van der Waals surface area contributed by atoms with Crippen LogP contribution in [0.4, 0.5) is 9.59 Å². The summed E-state index contributed by atoms with van der Waals surface area (Å²) in [5.41, 5.74) is 0.829. The Balaban J connectivity index is 1.55. The van der Waals surface area contributed by atoms with Gasteiger partial charge in [0.15, 0.2) is 0 Å². The minimum atomic E-state index is -3.55. The Morgan fingerprint density at radius 1 is 0.880 bits per heavy atom. The topological polar surface area (TPSA) is 125 Å². The van der Waals surface area contributed by atoms with E-state index in [-0.39, 0.29) is 25.2 Å². The summed E-state index contributed by atoms with van der Waals surface area (Å²) in [6.45, 7) is -0.0779. The molecular formula is C37H62BN2O8PS. The van der Waals surface area contributed by atoms with Crippen LogP contribution in [0.5, 0.6) is 0 Å². The molecule has 0 spiro atoms. The van der Waals surface area contributed by atoms with E-state index >= 15 is 0 Å². The number of carbonyl (C=O) groups is 2. The Bertz CT molecular complexity index is 1120. The molecule has 10 nitrogen and oxygen atoms in total. The smallest absolute Gasteiger partial charge is 0.431 e. The molecule has 1 aromatic rings. The molecule has 1 aliphatic rings. The highest BCUT2D eigenvalue weighted by Crippen LogP contribution is 2.48. The number of rotatable bonds is 28. The van der Waals surface area contributed by atoms with Gasteiger partial charge >= 0.3 is 18.9 Å². The second kappa shape index (κ2) is 27.7. The molecule has 2 radical (unpaired) electrons. The van der Waals surface area contributed by atoms with Crippen LogP contribution < -0.4 is 10.6 Å². The number of hydrogen-bond donors (Lipinski definition) is 3. The first-order valence-corrected chi connectivity index (χ1v) is 21.3. The van der Waals surface area contributed by atoms with Gasteiger partial charge in [0.25, 0.3) is 0 Å². The van der Waals surface area contributed by atoms with Gasteiger partial charge in [-0.1, -0.05) is 126 Å². The molecule has 1 saturated heterocycles. The minimum Gasteiger partial charge on any atom is -0.431 e. The van der Waals surface area contributed by atoms with Gasteiger partial charge in [-0.3, -0.25) is 0 Å². The number of unbranched alkanes of at least 4 members (excludes halogenated alkanes) is 14. The van der Waals surface area contributed by atoms with Crippen LogP contribution in [0.1, 0.15) is 122 Å². The molecule has 5 atom stereocenters. The molecule has 282 valence electrons. The zero-order chi connectivity index (χ0) is 36.3. The maximum absolute atomic E-state index is 12.2. The van der Waals surface area contributed by atoms with Crippen molar-refractivity contribution >= 4 is 38.6 Å². The predicted molar refractivity (Wildman–Crippen MR) is 204 cm³/mol. The SMILES string of the molecule is [B][C@@H]1O[C@H](COC(=O)OCc2ccccc2)C(OP(O)(=S)OC)[C@@H]1C/C=C/CCCCNC(=O)NCCCCCCCCCCCCCCC. The van der Waals surface area contributed by atoms with Crippen LogP contribution in [-0.2, 0) is 41.7 Å². The normalized spacial score (nSPS) is 20.1. The highest BCUT2D eigenvalue weighted by atomic mass is 32.5. The van der Waals surface area contributed by atoms with E-state index in [1.165, 1.54) is 77.7 Å². The molecule has 2 amide bonds. The second-order valence-corrected chi connectivity index (χ2v) is 15.9. The van der Waals surface area contributed by atoms with Crippen molar-refractivity contribution in [3.63, 3.8) is 0 Å². The van der Waals surface area contributed by atoms with Gasteiger partial charge in [-0.25, -0.2) is 9.59 Å². The van der Waals surface area contributed by atoms with E-state index in [1.54, 1.807) is 0 Å². The third kappa shape index (κ3) is 20.8. The zero-order valence-electron chi connectivity index (χ0n) is 30.4. The monoisotopic (exact) mass is 736 g/mol. The highest BCUT2D eigenvalue weighted by Gasteiger charge is 2.45.